The van der Waals surface area contributed by atoms with E-state index in [1.807, 2.05) is 6.92 Å². The molecule has 2 aliphatic rings. The molecular formula is C13H19NO3. The maximum absolute atomic E-state index is 11.5. The summed E-state index contributed by atoms with van der Waals surface area (Å²) in [7, 11) is 0. The average Bonchev–Trinajstić information content (AvgIpc) is 2.87. The van der Waals surface area contributed by atoms with Crippen LogP contribution in [0, 0.1) is 17.8 Å². The van der Waals surface area contributed by atoms with E-state index in [1.165, 1.54) is 25.7 Å². The Labute approximate surface area is 101 Å². The molecule has 0 aromatic rings. The zero-order valence-electron chi connectivity index (χ0n) is 10.1. The third-order valence-electron chi connectivity index (χ3n) is 4.18. The Morgan fingerprint density at radius 3 is 2.59 bits per heavy atom. The Hall–Kier alpha value is -1.32. The minimum atomic E-state index is -1.09. The molecule has 2 fully saturated rings. The number of carbonyl (C=O) groups is 2. The normalized spacial score (nSPS) is 32.9. The predicted molar refractivity (Wildman–Crippen MR) is 63.3 cm³/mol. The monoisotopic (exact) mass is 237 g/mol. The lowest BCUT2D eigenvalue weighted by atomic mass is 9.84. The summed E-state index contributed by atoms with van der Waals surface area (Å²) in [5.74, 6) is 0.809. The van der Waals surface area contributed by atoms with Gasteiger partial charge in [0.05, 0.1) is 0 Å². The molecule has 0 aromatic carbocycles. The Morgan fingerprint density at radius 1 is 1.29 bits per heavy atom. The number of hydrogen-bond donors (Lipinski definition) is 2. The highest BCUT2D eigenvalue weighted by atomic mass is 16.4. The second-order valence-corrected chi connectivity index (χ2v) is 5.31. The third-order valence-corrected chi connectivity index (χ3v) is 4.18. The van der Waals surface area contributed by atoms with Crippen molar-refractivity contribution in [3.63, 3.8) is 0 Å². The first-order valence-electron chi connectivity index (χ1n) is 6.27. The fourth-order valence-corrected chi connectivity index (χ4v) is 3.43. The van der Waals surface area contributed by atoms with Crippen molar-refractivity contribution in [1.29, 1.82) is 0 Å². The molecule has 1 amide bonds. The number of fused-ring (bicyclic) bond motifs is 2. The second kappa shape index (κ2) is 4.90. The molecule has 2 N–H and O–H groups in total. The molecule has 0 unspecified atom stereocenters. The van der Waals surface area contributed by atoms with E-state index in [4.69, 9.17) is 5.11 Å². The molecule has 94 valence electrons. The Kier molecular flexibility index (Phi) is 3.50. The molecule has 0 spiro atoms. The molecule has 2 saturated carbocycles. The summed E-state index contributed by atoms with van der Waals surface area (Å²) in [5, 5.41) is 11.3. The van der Waals surface area contributed by atoms with Gasteiger partial charge in [-0.2, -0.15) is 0 Å². The standard InChI is InChI=1S/C13H19NO3/c1-8(14-12(15)4-5-13(16)17)11-7-9-2-3-10(11)6-9/h4-5,8-11H,2-3,6-7H2,1H3,(H,14,15)(H,16,17)/b5-4+/t8-,9+,10+,11+/m0/s1. The van der Waals surface area contributed by atoms with Crippen LogP contribution in [0.15, 0.2) is 12.2 Å². The fourth-order valence-electron chi connectivity index (χ4n) is 3.43. The molecule has 2 bridgehead atoms. The number of amides is 1. The topological polar surface area (TPSA) is 66.4 Å². The summed E-state index contributed by atoms with van der Waals surface area (Å²) in [6.45, 7) is 2.03. The number of carbonyl (C=O) groups excluding carboxylic acids is 1. The van der Waals surface area contributed by atoms with Gasteiger partial charge in [0.25, 0.3) is 0 Å². The molecule has 2 rings (SSSR count). The Balaban J connectivity index is 1.83. The van der Waals surface area contributed by atoms with E-state index in [0.717, 1.165) is 24.0 Å². The minimum absolute atomic E-state index is 0.149. The maximum Gasteiger partial charge on any atom is 0.328 e. The van der Waals surface area contributed by atoms with E-state index in [2.05, 4.69) is 5.32 Å². The summed E-state index contributed by atoms with van der Waals surface area (Å²) in [4.78, 5) is 21.7. The molecule has 0 heterocycles. The van der Waals surface area contributed by atoms with Gasteiger partial charge in [0.15, 0.2) is 0 Å². The van der Waals surface area contributed by atoms with Crippen LogP contribution in [-0.2, 0) is 9.59 Å². The SMILES string of the molecule is C[C@H](NC(=O)/C=C/C(=O)O)[C@H]1C[C@@H]2CC[C@@H]1C2. The van der Waals surface area contributed by atoms with Crippen LogP contribution in [0.1, 0.15) is 32.6 Å². The van der Waals surface area contributed by atoms with Crippen LogP contribution in [-0.4, -0.2) is 23.0 Å². The van der Waals surface area contributed by atoms with Gasteiger partial charge in [-0.15, -0.1) is 0 Å². The lowest BCUT2D eigenvalue weighted by Gasteiger charge is -2.28. The molecule has 4 heteroatoms. The van der Waals surface area contributed by atoms with Gasteiger partial charge >= 0.3 is 5.97 Å². The number of rotatable bonds is 4. The maximum atomic E-state index is 11.5. The quantitative estimate of drug-likeness (QED) is 0.729. The summed E-state index contributed by atoms with van der Waals surface area (Å²) in [6.07, 6.45) is 7.14. The number of aliphatic carboxylic acids is 1. The molecule has 0 radical (unpaired) electrons. The molecule has 0 aliphatic heterocycles. The highest BCUT2D eigenvalue weighted by Gasteiger charge is 2.41. The first-order valence-corrected chi connectivity index (χ1v) is 6.27. The summed E-state index contributed by atoms with van der Waals surface area (Å²) < 4.78 is 0. The van der Waals surface area contributed by atoms with Crippen molar-refractivity contribution < 1.29 is 14.7 Å². The van der Waals surface area contributed by atoms with Crippen LogP contribution in [0.5, 0.6) is 0 Å². The average molecular weight is 237 g/mol. The highest BCUT2D eigenvalue weighted by Crippen LogP contribution is 2.49. The van der Waals surface area contributed by atoms with Crippen molar-refractivity contribution in [3.05, 3.63) is 12.2 Å². The van der Waals surface area contributed by atoms with E-state index >= 15 is 0 Å². The summed E-state index contributed by atoms with van der Waals surface area (Å²) >= 11 is 0. The van der Waals surface area contributed by atoms with Crippen molar-refractivity contribution in [2.24, 2.45) is 17.8 Å². The molecule has 0 saturated heterocycles. The molecule has 4 nitrogen and oxygen atoms in total. The van der Waals surface area contributed by atoms with Gasteiger partial charge in [-0.1, -0.05) is 6.42 Å². The van der Waals surface area contributed by atoms with E-state index in [1.54, 1.807) is 0 Å². The molecule has 0 aromatic heterocycles. The highest BCUT2D eigenvalue weighted by molar-refractivity contribution is 5.93. The molecule has 2 aliphatic carbocycles. The van der Waals surface area contributed by atoms with Crippen LogP contribution < -0.4 is 5.32 Å². The molecule has 4 atom stereocenters. The van der Waals surface area contributed by atoms with Gasteiger partial charge in [0.1, 0.15) is 0 Å². The lowest BCUT2D eigenvalue weighted by molar-refractivity contribution is -0.131. The van der Waals surface area contributed by atoms with Gasteiger partial charge in [0, 0.05) is 18.2 Å². The molecule has 17 heavy (non-hydrogen) atoms. The predicted octanol–water partition coefficient (Wildman–Crippen LogP) is 1.57. The number of carboxylic acid groups (broad SMARTS) is 1. The van der Waals surface area contributed by atoms with Gasteiger partial charge in [-0.25, -0.2) is 4.79 Å². The summed E-state index contributed by atoms with van der Waals surface area (Å²) in [5.41, 5.74) is 0. The second-order valence-electron chi connectivity index (χ2n) is 5.31. The number of nitrogens with one attached hydrogen (secondary N) is 1. The van der Waals surface area contributed by atoms with E-state index in [9.17, 15) is 9.59 Å². The van der Waals surface area contributed by atoms with Gasteiger partial charge in [-0.3, -0.25) is 4.79 Å². The van der Waals surface area contributed by atoms with Gasteiger partial charge in [-0.05, 0) is 43.9 Å². The van der Waals surface area contributed by atoms with Crippen LogP contribution >= 0.6 is 0 Å². The van der Waals surface area contributed by atoms with Crippen molar-refractivity contribution >= 4 is 11.9 Å². The van der Waals surface area contributed by atoms with Crippen LogP contribution in [0.4, 0.5) is 0 Å². The number of hydrogen-bond acceptors (Lipinski definition) is 2. The zero-order valence-corrected chi connectivity index (χ0v) is 10.1. The minimum Gasteiger partial charge on any atom is -0.478 e. The first-order chi connectivity index (χ1) is 8.06. The first kappa shape index (κ1) is 12.1. The van der Waals surface area contributed by atoms with Crippen molar-refractivity contribution in [3.8, 4) is 0 Å². The van der Waals surface area contributed by atoms with Crippen LogP contribution in [0.25, 0.3) is 0 Å². The van der Waals surface area contributed by atoms with Crippen molar-refractivity contribution in [1.82, 2.24) is 5.32 Å². The van der Waals surface area contributed by atoms with Crippen LogP contribution in [0.3, 0.4) is 0 Å². The van der Waals surface area contributed by atoms with Crippen molar-refractivity contribution in [2.45, 2.75) is 38.6 Å². The lowest BCUT2D eigenvalue weighted by Crippen LogP contribution is -2.39. The summed E-state index contributed by atoms with van der Waals surface area (Å²) in [6, 6.07) is 0.149. The van der Waals surface area contributed by atoms with E-state index < -0.39 is 5.97 Å². The smallest absolute Gasteiger partial charge is 0.328 e. The number of carboxylic acids is 1. The largest absolute Gasteiger partial charge is 0.478 e. The van der Waals surface area contributed by atoms with E-state index in [-0.39, 0.29) is 11.9 Å². The zero-order chi connectivity index (χ0) is 12.4. The van der Waals surface area contributed by atoms with Crippen LogP contribution in [0.2, 0.25) is 0 Å². The fraction of sp³-hybridized carbons (Fsp3) is 0.692. The van der Waals surface area contributed by atoms with E-state index in [0.29, 0.717) is 5.92 Å². The van der Waals surface area contributed by atoms with Crippen molar-refractivity contribution in [2.75, 3.05) is 0 Å². The Morgan fingerprint density at radius 2 is 2.06 bits per heavy atom. The third kappa shape index (κ3) is 2.87. The molecular weight excluding hydrogens is 218 g/mol. The Bertz CT molecular complexity index is 351. The van der Waals surface area contributed by atoms with Gasteiger partial charge < -0.3 is 10.4 Å². The van der Waals surface area contributed by atoms with Gasteiger partial charge in [0.2, 0.25) is 5.91 Å².